The largest absolute Gasteiger partial charge is 0.491 e. The van der Waals surface area contributed by atoms with Gasteiger partial charge in [-0.15, -0.1) is 0 Å². The van der Waals surface area contributed by atoms with E-state index in [1.165, 1.54) is 0 Å². The van der Waals surface area contributed by atoms with Gasteiger partial charge in [0.2, 0.25) is 0 Å². The molecule has 0 radical (unpaired) electrons. The minimum absolute atomic E-state index is 0.115. The number of alkyl halides is 1. The summed E-state index contributed by atoms with van der Waals surface area (Å²) in [4.78, 5) is 0. The molecule has 9 nitrogen and oxygen atoms in total. The van der Waals surface area contributed by atoms with Crippen molar-refractivity contribution in [3.8, 4) is 5.75 Å². The summed E-state index contributed by atoms with van der Waals surface area (Å²) in [6, 6.07) is 16.2. The van der Waals surface area contributed by atoms with Gasteiger partial charge in [0.25, 0.3) is 0 Å². The van der Waals surface area contributed by atoms with Gasteiger partial charge in [-0.2, -0.15) is 0 Å². The van der Waals surface area contributed by atoms with Crippen LogP contribution in [0.25, 0.3) is 12.2 Å². The van der Waals surface area contributed by atoms with Crippen molar-refractivity contribution >= 4 is 12.2 Å². The molecular weight excluding hydrogens is 533 g/mol. The number of ether oxygens (including phenoxy) is 8. The topological polar surface area (TPSA) is 99.9 Å². The van der Waals surface area contributed by atoms with E-state index in [-0.39, 0.29) is 6.61 Å². The minimum atomic E-state index is -0.473. The van der Waals surface area contributed by atoms with Gasteiger partial charge in [-0.1, -0.05) is 48.6 Å². The number of hydrogen-bond donors (Lipinski definition) is 1. The Kier molecular flexibility index (Phi) is 21.5. The second-order valence-electron chi connectivity index (χ2n) is 8.67. The first-order valence-electron chi connectivity index (χ1n) is 14.1. The van der Waals surface area contributed by atoms with Gasteiger partial charge in [-0.3, -0.25) is 0 Å². The molecule has 2 aromatic rings. The van der Waals surface area contributed by atoms with Crippen LogP contribution in [0, 0.1) is 0 Å². The van der Waals surface area contributed by atoms with Crippen molar-refractivity contribution in [2.45, 2.75) is 6.54 Å². The SMILES string of the molecule is NCc1ccc(/C=C/c2ccc(OCCOCCOCCOCCOCCOCCOCCOCCF)cc2)cc1. The molecule has 0 heterocycles. The predicted octanol–water partition coefficient (Wildman–Crippen LogP) is 3.78. The van der Waals surface area contributed by atoms with Gasteiger partial charge in [-0.05, 0) is 28.8 Å². The van der Waals surface area contributed by atoms with E-state index in [0.29, 0.717) is 99.0 Å². The molecule has 2 rings (SSSR count). The Bertz CT molecular complexity index is 883. The van der Waals surface area contributed by atoms with Crippen LogP contribution in [0.1, 0.15) is 16.7 Å². The predicted molar refractivity (Wildman–Crippen MR) is 157 cm³/mol. The quantitative estimate of drug-likeness (QED) is 0.125. The second kappa shape index (κ2) is 25.3. The number of rotatable bonds is 27. The monoisotopic (exact) mass is 579 g/mol. The molecule has 0 aliphatic rings. The summed E-state index contributed by atoms with van der Waals surface area (Å²) >= 11 is 0. The fourth-order valence-corrected chi connectivity index (χ4v) is 3.33. The maximum Gasteiger partial charge on any atom is 0.119 e. The fraction of sp³-hybridized carbons (Fsp3) is 0.548. The zero-order valence-electron chi connectivity index (χ0n) is 24.0. The third-order valence-corrected chi connectivity index (χ3v) is 5.51. The number of halogens is 1. The summed E-state index contributed by atoms with van der Waals surface area (Å²) in [7, 11) is 0. The highest BCUT2D eigenvalue weighted by Gasteiger charge is 1.97. The van der Waals surface area contributed by atoms with Crippen molar-refractivity contribution in [1.29, 1.82) is 0 Å². The van der Waals surface area contributed by atoms with Crippen molar-refractivity contribution in [2.75, 3.05) is 106 Å². The Balaban J connectivity index is 1.31. The molecule has 0 saturated carbocycles. The van der Waals surface area contributed by atoms with Crippen LogP contribution in [0.2, 0.25) is 0 Å². The molecule has 2 N–H and O–H groups in total. The molecule has 0 saturated heterocycles. The zero-order chi connectivity index (χ0) is 29.1. The molecule has 0 aliphatic heterocycles. The summed E-state index contributed by atoms with van der Waals surface area (Å²) in [6.07, 6.45) is 4.14. The lowest BCUT2D eigenvalue weighted by atomic mass is 10.1. The van der Waals surface area contributed by atoms with E-state index < -0.39 is 6.67 Å². The fourth-order valence-electron chi connectivity index (χ4n) is 3.33. The van der Waals surface area contributed by atoms with Crippen molar-refractivity contribution < 1.29 is 42.3 Å². The summed E-state index contributed by atoms with van der Waals surface area (Å²) in [5.74, 6) is 0.808. The highest BCUT2D eigenvalue weighted by atomic mass is 19.1. The smallest absolute Gasteiger partial charge is 0.119 e. The molecule has 0 atom stereocenters. The maximum atomic E-state index is 11.8. The number of nitrogens with two attached hydrogens (primary N) is 1. The molecule has 0 amide bonds. The number of benzene rings is 2. The van der Waals surface area contributed by atoms with Crippen molar-refractivity contribution in [3.05, 3.63) is 65.2 Å². The van der Waals surface area contributed by atoms with Crippen LogP contribution in [0.3, 0.4) is 0 Å². The Hall–Kier alpha value is -2.41. The zero-order valence-corrected chi connectivity index (χ0v) is 24.0. The van der Waals surface area contributed by atoms with Crippen molar-refractivity contribution in [1.82, 2.24) is 0 Å². The molecule has 0 fully saturated rings. The lowest BCUT2D eigenvalue weighted by molar-refractivity contribution is -0.0214. The lowest BCUT2D eigenvalue weighted by Gasteiger charge is -2.09. The van der Waals surface area contributed by atoms with Crippen LogP contribution in [-0.2, 0) is 39.7 Å². The Morgan fingerprint density at radius 2 is 0.805 bits per heavy atom. The average Bonchev–Trinajstić information content (AvgIpc) is 3.01. The van der Waals surface area contributed by atoms with Gasteiger partial charge in [0.15, 0.2) is 0 Å². The van der Waals surface area contributed by atoms with E-state index in [2.05, 4.69) is 24.3 Å². The highest BCUT2D eigenvalue weighted by molar-refractivity contribution is 5.69. The molecule has 0 bridgehead atoms. The Labute approximate surface area is 243 Å². The van der Waals surface area contributed by atoms with Crippen LogP contribution >= 0.6 is 0 Å². The third-order valence-electron chi connectivity index (χ3n) is 5.51. The van der Waals surface area contributed by atoms with Crippen LogP contribution in [-0.4, -0.2) is 106 Å². The standard InChI is InChI=1S/C31H46FNO8/c32-11-12-34-13-14-35-15-16-36-17-18-37-19-20-38-21-22-39-23-24-40-25-26-41-31-9-7-29(8-10-31)2-1-28-3-5-30(27-33)6-4-28/h1-10H,11-27,33H2/b2-1+. The van der Waals surface area contributed by atoms with E-state index in [1.807, 2.05) is 36.4 Å². The third kappa shape index (κ3) is 19.4. The molecule has 0 spiro atoms. The van der Waals surface area contributed by atoms with Gasteiger partial charge in [0.1, 0.15) is 19.0 Å². The second-order valence-corrected chi connectivity index (χ2v) is 8.67. The summed E-state index contributed by atoms with van der Waals surface area (Å²) < 4.78 is 55.1. The lowest BCUT2D eigenvalue weighted by Crippen LogP contribution is -2.15. The maximum absolute atomic E-state index is 11.8. The molecule has 0 aromatic heterocycles. The molecule has 0 aliphatic carbocycles. The first-order valence-corrected chi connectivity index (χ1v) is 14.1. The number of hydrogen-bond acceptors (Lipinski definition) is 9. The van der Waals surface area contributed by atoms with Crippen LogP contribution in [0.5, 0.6) is 5.75 Å². The molecule has 0 unspecified atom stereocenters. The summed E-state index contributed by atoms with van der Waals surface area (Å²) in [6.45, 7) is 6.94. The first kappa shape index (κ1) is 34.8. The molecule has 230 valence electrons. The van der Waals surface area contributed by atoms with E-state index in [0.717, 1.165) is 22.4 Å². The highest BCUT2D eigenvalue weighted by Crippen LogP contribution is 2.15. The van der Waals surface area contributed by atoms with Gasteiger partial charge >= 0.3 is 0 Å². The van der Waals surface area contributed by atoms with E-state index in [1.54, 1.807) is 0 Å². The minimum Gasteiger partial charge on any atom is -0.491 e. The summed E-state index contributed by atoms with van der Waals surface area (Å²) in [5, 5.41) is 0. The Morgan fingerprint density at radius 1 is 0.463 bits per heavy atom. The van der Waals surface area contributed by atoms with Gasteiger partial charge in [-0.25, -0.2) is 4.39 Å². The summed E-state index contributed by atoms with van der Waals surface area (Å²) in [5.41, 5.74) is 9.00. The average molecular weight is 580 g/mol. The molecular formula is C31H46FNO8. The van der Waals surface area contributed by atoms with Crippen LogP contribution in [0.4, 0.5) is 4.39 Å². The van der Waals surface area contributed by atoms with E-state index in [4.69, 9.17) is 43.6 Å². The normalized spacial score (nSPS) is 11.5. The van der Waals surface area contributed by atoms with E-state index in [9.17, 15) is 4.39 Å². The Morgan fingerprint density at radius 3 is 1.17 bits per heavy atom. The van der Waals surface area contributed by atoms with E-state index >= 15 is 0 Å². The van der Waals surface area contributed by atoms with Gasteiger partial charge in [0.05, 0.1) is 92.5 Å². The van der Waals surface area contributed by atoms with Crippen LogP contribution in [0.15, 0.2) is 48.5 Å². The molecule has 2 aromatic carbocycles. The van der Waals surface area contributed by atoms with Gasteiger partial charge < -0.3 is 43.6 Å². The molecule has 41 heavy (non-hydrogen) atoms. The van der Waals surface area contributed by atoms with Crippen molar-refractivity contribution in [2.24, 2.45) is 5.73 Å². The molecule has 10 heteroatoms. The first-order chi connectivity index (χ1) is 20.3. The van der Waals surface area contributed by atoms with Gasteiger partial charge in [0, 0.05) is 6.54 Å². The van der Waals surface area contributed by atoms with Crippen LogP contribution < -0.4 is 10.5 Å². The van der Waals surface area contributed by atoms with Crippen molar-refractivity contribution in [3.63, 3.8) is 0 Å².